The van der Waals surface area contributed by atoms with Crippen LogP contribution >= 0.6 is 0 Å². The zero-order valence-corrected chi connectivity index (χ0v) is 39.9. The highest BCUT2D eigenvalue weighted by atomic mass is 15.2. The van der Waals surface area contributed by atoms with E-state index in [1.807, 2.05) is 36.4 Å². The van der Waals surface area contributed by atoms with Gasteiger partial charge in [-0.2, -0.15) is 9.97 Å². The highest BCUT2D eigenvalue weighted by molar-refractivity contribution is 6.15. The van der Waals surface area contributed by atoms with Crippen molar-refractivity contribution in [1.82, 2.24) is 24.1 Å². The summed E-state index contributed by atoms with van der Waals surface area (Å²) >= 11 is 0. The number of benzene rings is 10. The summed E-state index contributed by atoms with van der Waals surface area (Å²) in [6.45, 7) is 4.94. The Kier molecular flexibility index (Phi) is 9.39. The Morgan fingerprint density at radius 1 is 0.306 bits per heavy atom. The average molecular weight is 922 g/mol. The molecule has 0 fully saturated rings. The van der Waals surface area contributed by atoms with Crippen LogP contribution in [0.3, 0.4) is 0 Å². The highest BCUT2D eigenvalue weighted by Gasteiger charge is 2.50. The number of hydrogen-bond acceptors (Lipinski definition) is 3. The molecule has 10 aromatic carbocycles. The standard InChI is InChI=1S/C67H47N5/c1-66(48-28-14-6-15-29-48)54-41-43-58-60(52-33-19-21-35-56(52)72(58)65-69-63(46-24-10-4-11-25-46)68-64(70-65)47-26-12-5-13-27-47)62(54)67(2,49-30-16-7-17-31-49)53-40-42-57-59(61(53)66)51-32-18-20-34-55(51)71(57)50-38-36-45(37-39-50)44-22-8-3-9-23-44/h3-43H,1-2H3. The van der Waals surface area contributed by atoms with Crippen molar-refractivity contribution in [1.29, 1.82) is 0 Å². The average Bonchev–Trinajstić information content (AvgIpc) is 3.98. The molecular formula is C67H47N5. The molecule has 2 unspecified atom stereocenters. The third-order valence-electron chi connectivity index (χ3n) is 15.6. The van der Waals surface area contributed by atoms with Crippen molar-refractivity contribution in [3.8, 4) is 45.5 Å². The van der Waals surface area contributed by atoms with Gasteiger partial charge in [-0.25, -0.2) is 4.98 Å². The third kappa shape index (κ3) is 6.10. The quantitative estimate of drug-likeness (QED) is 0.160. The van der Waals surface area contributed by atoms with Gasteiger partial charge in [0, 0.05) is 49.2 Å². The minimum atomic E-state index is -0.632. The molecule has 3 heterocycles. The lowest BCUT2D eigenvalue weighted by Gasteiger charge is -2.48. The smallest absolute Gasteiger partial charge is 0.238 e. The van der Waals surface area contributed by atoms with Crippen molar-refractivity contribution in [3.05, 3.63) is 282 Å². The van der Waals surface area contributed by atoms with Crippen LogP contribution in [-0.4, -0.2) is 24.1 Å². The lowest BCUT2D eigenvalue weighted by atomic mass is 9.54. The number of nitrogens with zero attached hydrogens (tertiary/aromatic N) is 5. The molecule has 0 bridgehead atoms. The SMILES string of the molecule is CC1(c2ccccc2)c2ccc3c(c2C(C)(c2ccccc2)c2ccc4c(c21)c1ccccc1n4-c1ccc(-c2ccccc2)cc1)c1ccccc1n3-c1nc(-c2ccccc2)nc(-c2ccccc2)n1. The number of fused-ring (bicyclic) bond motifs is 10. The van der Waals surface area contributed by atoms with Crippen LogP contribution in [0.5, 0.6) is 0 Å². The molecular weight excluding hydrogens is 875 g/mol. The van der Waals surface area contributed by atoms with Gasteiger partial charge in [0.05, 0.1) is 22.1 Å². The first-order valence-electron chi connectivity index (χ1n) is 24.8. The second-order valence-corrected chi connectivity index (χ2v) is 19.4. The van der Waals surface area contributed by atoms with E-state index in [4.69, 9.17) is 15.0 Å². The van der Waals surface area contributed by atoms with Crippen LogP contribution < -0.4 is 0 Å². The van der Waals surface area contributed by atoms with Gasteiger partial charge in [-0.15, -0.1) is 0 Å². The fourth-order valence-electron chi connectivity index (χ4n) is 12.2. The molecule has 5 heteroatoms. The van der Waals surface area contributed by atoms with E-state index in [-0.39, 0.29) is 0 Å². The van der Waals surface area contributed by atoms with E-state index in [1.165, 1.54) is 71.7 Å². The normalized spacial score (nSPS) is 16.3. The molecule has 1 aliphatic rings. The summed E-state index contributed by atoms with van der Waals surface area (Å²) in [6, 6.07) is 89.9. The topological polar surface area (TPSA) is 48.5 Å². The van der Waals surface area contributed by atoms with Crippen LogP contribution in [0.1, 0.15) is 47.2 Å². The molecule has 0 aliphatic heterocycles. The molecule has 14 rings (SSSR count). The van der Waals surface area contributed by atoms with E-state index >= 15 is 0 Å². The molecule has 0 N–H and O–H groups in total. The van der Waals surface area contributed by atoms with Crippen LogP contribution in [0.15, 0.2) is 249 Å². The molecule has 0 saturated heterocycles. The predicted octanol–water partition coefficient (Wildman–Crippen LogP) is 16.1. The number of rotatable bonds is 7. The van der Waals surface area contributed by atoms with Crippen molar-refractivity contribution in [2.24, 2.45) is 0 Å². The van der Waals surface area contributed by atoms with Crippen molar-refractivity contribution in [2.45, 2.75) is 24.7 Å². The Bertz CT molecular complexity index is 4140. The van der Waals surface area contributed by atoms with Gasteiger partial charge in [-0.1, -0.05) is 212 Å². The number of hydrogen-bond donors (Lipinski definition) is 0. The Hall–Kier alpha value is -9.19. The number of aromatic nitrogens is 5. The first-order valence-corrected chi connectivity index (χ1v) is 24.8. The summed E-state index contributed by atoms with van der Waals surface area (Å²) in [5, 5.41) is 4.83. The van der Waals surface area contributed by atoms with Gasteiger partial charge in [0.1, 0.15) is 0 Å². The molecule has 0 radical (unpaired) electrons. The number of para-hydroxylation sites is 2. The fourth-order valence-corrected chi connectivity index (χ4v) is 12.2. The van der Waals surface area contributed by atoms with Gasteiger partial charge < -0.3 is 4.57 Å². The Morgan fingerprint density at radius 3 is 1.15 bits per heavy atom. The summed E-state index contributed by atoms with van der Waals surface area (Å²) in [6.07, 6.45) is 0. The second-order valence-electron chi connectivity index (χ2n) is 19.4. The minimum absolute atomic E-state index is 0.573. The Balaban J connectivity index is 1.10. The molecule has 1 aliphatic carbocycles. The van der Waals surface area contributed by atoms with Gasteiger partial charge in [0.25, 0.3) is 0 Å². The van der Waals surface area contributed by atoms with E-state index in [0.717, 1.165) is 33.2 Å². The zero-order chi connectivity index (χ0) is 48.0. The van der Waals surface area contributed by atoms with E-state index in [1.54, 1.807) is 0 Å². The lowest BCUT2D eigenvalue weighted by Crippen LogP contribution is -2.41. The third-order valence-corrected chi connectivity index (χ3v) is 15.6. The van der Waals surface area contributed by atoms with Crippen LogP contribution in [0.25, 0.3) is 89.2 Å². The largest absolute Gasteiger partial charge is 0.309 e. The van der Waals surface area contributed by atoms with E-state index in [2.05, 4.69) is 235 Å². The maximum absolute atomic E-state index is 5.34. The van der Waals surface area contributed by atoms with Gasteiger partial charge in [0.15, 0.2) is 11.6 Å². The molecule has 0 amide bonds. The molecule has 3 aromatic heterocycles. The fraction of sp³-hybridized carbons (Fsp3) is 0.0597. The van der Waals surface area contributed by atoms with Crippen molar-refractivity contribution < 1.29 is 0 Å². The minimum Gasteiger partial charge on any atom is -0.309 e. The maximum atomic E-state index is 5.34. The van der Waals surface area contributed by atoms with Crippen molar-refractivity contribution in [2.75, 3.05) is 0 Å². The van der Waals surface area contributed by atoms with Crippen LogP contribution in [0, 0.1) is 0 Å². The molecule has 5 nitrogen and oxygen atoms in total. The monoisotopic (exact) mass is 921 g/mol. The first-order chi connectivity index (χ1) is 35.5. The summed E-state index contributed by atoms with van der Waals surface area (Å²) in [7, 11) is 0. The first kappa shape index (κ1) is 41.8. The van der Waals surface area contributed by atoms with Crippen LogP contribution in [0.2, 0.25) is 0 Å². The highest BCUT2D eigenvalue weighted by Crippen LogP contribution is 2.60. The molecule has 2 atom stereocenters. The van der Waals surface area contributed by atoms with Crippen LogP contribution in [-0.2, 0) is 10.8 Å². The summed E-state index contributed by atoms with van der Waals surface area (Å²) < 4.78 is 4.74. The Labute approximate surface area is 418 Å². The van der Waals surface area contributed by atoms with Gasteiger partial charge in [-0.05, 0) is 94.8 Å². The maximum Gasteiger partial charge on any atom is 0.238 e. The second kappa shape index (κ2) is 16.2. The molecule has 13 aromatic rings. The zero-order valence-electron chi connectivity index (χ0n) is 39.9. The predicted molar refractivity (Wildman–Crippen MR) is 295 cm³/mol. The Morgan fingerprint density at radius 2 is 0.681 bits per heavy atom. The summed E-state index contributed by atoms with van der Waals surface area (Å²) in [4.78, 5) is 15.8. The van der Waals surface area contributed by atoms with Gasteiger partial charge >= 0.3 is 0 Å². The van der Waals surface area contributed by atoms with E-state index < -0.39 is 10.8 Å². The van der Waals surface area contributed by atoms with Crippen LogP contribution in [0.4, 0.5) is 0 Å². The molecule has 0 spiro atoms. The molecule has 340 valence electrons. The summed E-state index contributed by atoms with van der Waals surface area (Å²) in [5.74, 6) is 1.82. The molecule has 72 heavy (non-hydrogen) atoms. The molecule has 0 saturated carbocycles. The van der Waals surface area contributed by atoms with Gasteiger partial charge in [-0.3, -0.25) is 4.57 Å². The van der Waals surface area contributed by atoms with Crippen molar-refractivity contribution >= 4 is 43.6 Å². The lowest BCUT2D eigenvalue weighted by molar-refractivity contribution is 0.577. The van der Waals surface area contributed by atoms with E-state index in [9.17, 15) is 0 Å². The van der Waals surface area contributed by atoms with E-state index in [0.29, 0.717) is 17.6 Å². The van der Waals surface area contributed by atoms with Crippen molar-refractivity contribution in [3.63, 3.8) is 0 Å². The van der Waals surface area contributed by atoms with Gasteiger partial charge in [0.2, 0.25) is 5.95 Å². The summed E-state index contributed by atoms with van der Waals surface area (Å²) in [5.41, 5.74) is 16.2.